The monoisotopic (exact) mass is 310 g/mol. The lowest BCUT2D eigenvalue weighted by atomic mass is 10.4. The van der Waals surface area contributed by atoms with E-state index in [9.17, 15) is 8.42 Å². The molecule has 0 aromatic carbocycles. The van der Waals surface area contributed by atoms with Crippen LogP contribution in [-0.2, 0) is 23.6 Å². The molecule has 0 fully saturated rings. The molecule has 0 saturated carbocycles. The molecule has 0 radical (unpaired) electrons. The second kappa shape index (κ2) is 6.64. The molecule has 2 heterocycles. The molecule has 2 aromatic rings. The number of hydrogen-bond donors (Lipinski definition) is 2. The van der Waals surface area contributed by atoms with Crippen LogP contribution in [-0.4, -0.2) is 34.7 Å². The maximum atomic E-state index is 12.2. The van der Waals surface area contributed by atoms with Gasteiger partial charge in [0.05, 0.1) is 11.4 Å². The third-order valence-corrected chi connectivity index (χ3v) is 4.06. The summed E-state index contributed by atoms with van der Waals surface area (Å²) in [6.45, 7) is 2.81. The van der Waals surface area contributed by atoms with Crippen LogP contribution in [0.4, 0.5) is 5.82 Å². The first kappa shape index (κ1) is 15.4. The van der Waals surface area contributed by atoms with E-state index in [2.05, 4.69) is 25.1 Å². The van der Waals surface area contributed by atoms with Gasteiger partial charge in [0.15, 0.2) is 5.82 Å². The SMILES string of the molecule is CCCNc1cc(S(=O)(=O)NCc2ncn(C)n2)ccn1. The van der Waals surface area contributed by atoms with Gasteiger partial charge in [0, 0.05) is 25.9 Å². The summed E-state index contributed by atoms with van der Waals surface area (Å²) < 4.78 is 28.4. The van der Waals surface area contributed by atoms with Crippen molar-refractivity contribution in [2.24, 2.45) is 7.05 Å². The van der Waals surface area contributed by atoms with Crippen LogP contribution < -0.4 is 10.0 Å². The normalized spacial score (nSPS) is 11.5. The van der Waals surface area contributed by atoms with E-state index in [1.165, 1.54) is 29.3 Å². The van der Waals surface area contributed by atoms with Crippen molar-refractivity contribution in [3.8, 4) is 0 Å². The molecule has 2 rings (SSSR count). The van der Waals surface area contributed by atoms with E-state index in [1.807, 2.05) is 6.92 Å². The van der Waals surface area contributed by atoms with Crippen LogP contribution in [0.1, 0.15) is 19.2 Å². The average molecular weight is 310 g/mol. The van der Waals surface area contributed by atoms with Crippen LogP contribution in [0.3, 0.4) is 0 Å². The van der Waals surface area contributed by atoms with E-state index in [1.54, 1.807) is 7.05 Å². The maximum absolute atomic E-state index is 12.2. The zero-order chi connectivity index (χ0) is 15.3. The van der Waals surface area contributed by atoms with Crippen LogP contribution in [0.2, 0.25) is 0 Å². The lowest BCUT2D eigenvalue weighted by Crippen LogP contribution is -2.24. The summed E-state index contributed by atoms with van der Waals surface area (Å²) in [4.78, 5) is 8.21. The van der Waals surface area contributed by atoms with Gasteiger partial charge in [-0.05, 0) is 12.5 Å². The van der Waals surface area contributed by atoms with Gasteiger partial charge in [0.1, 0.15) is 12.1 Å². The van der Waals surface area contributed by atoms with Gasteiger partial charge in [0.25, 0.3) is 0 Å². The summed E-state index contributed by atoms with van der Waals surface area (Å²) in [7, 11) is -1.89. The summed E-state index contributed by atoms with van der Waals surface area (Å²) in [5, 5.41) is 7.07. The lowest BCUT2D eigenvalue weighted by Gasteiger charge is -2.07. The van der Waals surface area contributed by atoms with E-state index < -0.39 is 10.0 Å². The number of aromatic nitrogens is 4. The molecule has 0 bridgehead atoms. The first-order valence-electron chi connectivity index (χ1n) is 6.55. The number of aryl methyl sites for hydroxylation is 1. The number of nitrogens with one attached hydrogen (secondary N) is 2. The molecule has 8 nitrogen and oxygen atoms in total. The van der Waals surface area contributed by atoms with E-state index in [0.29, 0.717) is 11.6 Å². The van der Waals surface area contributed by atoms with Crippen LogP contribution >= 0.6 is 0 Å². The fourth-order valence-electron chi connectivity index (χ4n) is 1.64. The van der Waals surface area contributed by atoms with Crippen molar-refractivity contribution in [2.75, 3.05) is 11.9 Å². The molecule has 2 aromatic heterocycles. The van der Waals surface area contributed by atoms with Crippen molar-refractivity contribution in [1.82, 2.24) is 24.5 Å². The van der Waals surface area contributed by atoms with Gasteiger partial charge in [-0.3, -0.25) is 4.68 Å². The predicted molar refractivity (Wildman–Crippen MR) is 78.0 cm³/mol. The summed E-state index contributed by atoms with van der Waals surface area (Å²) in [6, 6.07) is 2.95. The second-order valence-electron chi connectivity index (χ2n) is 4.46. The summed E-state index contributed by atoms with van der Waals surface area (Å²) in [5.74, 6) is 0.954. The summed E-state index contributed by atoms with van der Waals surface area (Å²) in [5.41, 5.74) is 0. The molecule has 0 amide bonds. The van der Waals surface area contributed by atoms with Crippen LogP contribution in [0.5, 0.6) is 0 Å². The highest BCUT2D eigenvalue weighted by Gasteiger charge is 2.15. The number of pyridine rings is 1. The Morgan fingerprint density at radius 2 is 2.14 bits per heavy atom. The van der Waals surface area contributed by atoms with Gasteiger partial charge in [-0.1, -0.05) is 6.92 Å². The lowest BCUT2D eigenvalue weighted by molar-refractivity contribution is 0.578. The Morgan fingerprint density at radius 1 is 1.33 bits per heavy atom. The zero-order valence-electron chi connectivity index (χ0n) is 11.9. The number of nitrogens with zero attached hydrogens (tertiary/aromatic N) is 4. The third kappa shape index (κ3) is 4.23. The maximum Gasteiger partial charge on any atom is 0.241 e. The molecule has 21 heavy (non-hydrogen) atoms. The Morgan fingerprint density at radius 3 is 2.81 bits per heavy atom. The van der Waals surface area contributed by atoms with Gasteiger partial charge in [-0.2, -0.15) is 5.10 Å². The number of sulfonamides is 1. The van der Waals surface area contributed by atoms with E-state index >= 15 is 0 Å². The highest BCUT2D eigenvalue weighted by Crippen LogP contribution is 2.12. The Hall–Kier alpha value is -2.00. The smallest absolute Gasteiger partial charge is 0.241 e. The molecule has 0 atom stereocenters. The highest BCUT2D eigenvalue weighted by molar-refractivity contribution is 7.89. The molecule has 9 heteroatoms. The van der Waals surface area contributed by atoms with Crippen LogP contribution in [0, 0.1) is 0 Å². The molecule has 0 aliphatic rings. The van der Waals surface area contributed by atoms with Crippen molar-refractivity contribution in [3.05, 3.63) is 30.5 Å². The molecular formula is C12H18N6O2S. The number of anilines is 1. The van der Waals surface area contributed by atoms with E-state index in [-0.39, 0.29) is 11.4 Å². The quantitative estimate of drug-likeness (QED) is 0.772. The van der Waals surface area contributed by atoms with Gasteiger partial charge in [-0.25, -0.2) is 23.1 Å². The summed E-state index contributed by atoms with van der Waals surface area (Å²) >= 11 is 0. The molecule has 0 spiro atoms. The molecular weight excluding hydrogens is 292 g/mol. The Balaban J connectivity index is 2.08. The summed E-state index contributed by atoms with van der Waals surface area (Å²) in [6.07, 6.45) is 3.91. The second-order valence-corrected chi connectivity index (χ2v) is 6.23. The van der Waals surface area contributed by atoms with E-state index in [4.69, 9.17) is 0 Å². The number of rotatable bonds is 7. The van der Waals surface area contributed by atoms with Crippen LogP contribution in [0.15, 0.2) is 29.6 Å². The molecule has 0 unspecified atom stereocenters. The predicted octanol–water partition coefficient (Wildman–Crippen LogP) is 0.510. The molecule has 114 valence electrons. The van der Waals surface area contributed by atoms with E-state index in [0.717, 1.165) is 13.0 Å². The van der Waals surface area contributed by atoms with Gasteiger partial charge < -0.3 is 5.32 Å². The fourth-order valence-corrected chi connectivity index (χ4v) is 2.63. The zero-order valence-corrected chi connectivity index (χ0v) is 12.8. The van der Waals surface area contributed by atoms with Crippen molar-refractivity contribution in [1.29, 1.82) is 0 Å². The molecule has 0 aliphatic carbocycles. The van der Waals surface area contributed by atoms with Crippen LogP contribution in [0.25, 0.3) is 0 Å². The van der Waals surface area contributed by atoms with Gasteiger partial charge >= 0.3 is 0 Å². The van der Waals surface area contributed by atoms with Crippen molar-refractivity contribution in [2.45, 2.75) is 24.8 Å². The standard InChI is InChI=1S/C12H18N6O2S/c1-3-5-13-11-7-10(4-6-14-11)21(19,20)16-8-12-15-9-18(2)17-12/h4,6-7,9,16H,3,5,8H2,1-2H3,(H,13,14). The number of hydrogen-bond acceptors (Lipinski definition) is 6. The fraction of sp³-hybridized carbons (Fsp3) is 0.417. The molecule has 2 N–H and O–H groups in total. The first-order chi connectivity index (χ1) is 10.0. The Labute approximate surface area is 123 Å². The third-order valence-electron chi connectivity index (χ3n) is 2.67. The van der Waals surface area contributed by atoms with Crippen molar-refractivity contribution in [3.63, 3.8) is 0 Å². The Bertz CT molecular complexity index is 697. The minimum Gasteiger partial charge on any atom is -0.370 e. The van der Waals surface area contributed by atoms with Crippen molar-refractivity contribution < 1.29 is 8.42 Å². The largest absolute Gasteiger partial charge is 0.370 e. The minimum atomic E-state index is -3.62. The van der Waals surface area contributed by atoms with Crippen molar-refractivity contribution >= 4 is 15.8 Å². The van der Waals surface area contributed by atoms with Gasteiger partial charge in [-0.15, -0.1) is 0 Å². The Kier molecular flexibility index (Phi) is 4.86. The minimum absolute atomic E-state index is 0.0449. The first-order valence-corrected chi connectivity index (χ1v) is 8.03. The average Bonchev–Trinajstić information content (AvgIpc) is 2.89. The molecule has 0 saturated heterocycles. The van der Waals surface area contributed by atoms with Gasteiger partial charge in [0.2, 0.25) is 10.0 Å². The topological polar surface area (TPSA) is 102 Å². The highest BCUT2D eigenvalue weighted by atomic mass is 32.2. The molecule has 0 aliphatic heterocycles.